The van der Waals surface area contributed by atoms with Crippen molar-refractivity contribution >= 4 is 37.9 Å². The molecule has 6 nitrogen and oxygen atoms in total. The van der Waals surface area contributed by atoms with Crippen LogP contribution in [0.1, 0.15) is 10.6 Å². The second-order valence-corrected chi connectivity index (χ2v) is 9.12. The highest BCUT2D eigenvalue weighted by atomic mass is 32.2. The molecule has 3 heterocycles. The monoisotopic (exact) mass is 411 g/mol. The van der Waals surface area contributed by atoms with E-state index in [0.717, 1.165) is 21.6 Å². The number of hydrogen-bond donors (Lipinski definition) is 0. The van der Waals surface area contributed by atoms with Crippen molar-refractivity contribution in [3.63, 3.8) is 0 Å². The standard InChI is InChI=1S/C20H17N3O3S2/c1-26-22-19(18-4-3-13-27-18)17-10-5-14-11-12-23(20(14)21-17)15-6-8-16(9-7-15)28(2,24)25/h3-13H,1-2H3/b22-19+. The van der Waals surface area contributed by atoms with E-state index in [1.807, 2.05) is 46.5 Å². The molecule has 0 unspecified atom stereocenters. The highest BCUT2D eigenvalue weighted by Crippen LogP contribution is 2.23. The van der Waals surface area contributed by atoms with E-state index >= 15 is 0 Å². The Morgan fingerprint density at radius 1 is 1.11 bits per heavy atom. The fourth-order valence-electron chi connectivity index (χ4n) is 2.92. The molecule has 142 valence electrons. The molecule has 3 aromatic heterocycles. The van der Waals surface area contributed by atoms with Crippen LogP contribution in [-0.4, -0.2) is 37.0 Å². The molecule has 1 aromatic carbocycles. The minimum atomic E-state index is -3.23. The van der Waals surface area contributed by atoms with Crippen LogP contribution in [0.2, 0.25) is 0 Å². The largest absolute Gasteiger partial charge is 0.399 e. The van der Waals surface area contributed by atoms with E-state index in [9.17, 15) is 8.42 Å². The van der Waals surface area contributed by atoms with E-state index in [-0.39, 0.29) is 4.90 Å². The van der Waals surface area contributed by atoms with Crippen LogP contribution in [0.3, 0.4) is 0 Å². The minimum absolute atomic E-state index is 0.286. The van der Waals surface area contributed by atoms with E-state index in [1.165, 1.54) is 13.4 Å². The Bertz CT molecular complexity index is 1260. The zero-order chi connectivity index (χ0) is 19.7. The maximum Gasteiger partial charge on any atom is 0.175 e. The first-order chi connectivity index (χ1) is 13.5. The smallest absolute Gasteiger partial charge is 0.175 e. The van der Waals surface area contributed by atoms with Gasteiger partial charge in [0.05, 0.1) is 15.5 Å². The molecule has 4 rings (SSSR count). The van der Waals surface area contributed by atoms with E-state index in [4.69, 9.17) is 9.82 Å². The average molecular weight is 412 g/mol. The fraction of sp³-hybridized carbons (Fsp3) is 0.100. The molecule has 28 heavy (non-hydrogen) atoms. The van der Waals surface area contributed by atoms with Gasteiger partial charge in [-0.05, 0) is 53.9 Å². The van der Waals surface area contributed by atoms with Gasteiger partial charge in [-0.1, -0.05) is 11.2 Å². The number of sulfone groups is 1. The maximum atomic E-state index is 11.7. The van der Waals surface area contributed by atoms with Crippen LogP contribution in [0.25, 0.3) is 16.7 Å². The Morgan fingerprint density at radius 3 is 2.54 bits per heavy atom. The predicted molar refractivity (Wildman–Crippen MR) is 111 cm³/mol. The van der Waals surface area contributed by atoms with Gasteiger partial charge in [0.15, 0.2) is 9.84 Å². The van der Waals surface area contributed by atoms with Crippen molar-refractivity contribution in [3.8, 4) is 5.69 Å². The third-order valence-electron chi connectivity index (χ3n) is 4.26. The molecule has 0 saturated carbocycles. The summed E-state index contributed by atoms with van der Waals surface area (Å²) < 4.78 is 25.3. The zero-order valence-corrected chi connectivity index (χ0v) is 16.9. The molecule has 0 aliphatic rings. The van der Waals surface area contributed by atoms with Crippen molar-refractivity contribution in [3.05, 3.63) is 76.7 Å². The first kappa shape index (κ1) is 18.4. The van der Waals surface area contributed by atoms with Gasteiger partial charge in [0.2, 0.25) is 0 Å². The summed E-state index contributed by atoms with van der Waals surface area (Å²) in [5.74, 6) is 0. The molecule has 0 aliphatic heterocycles. The van der Waals surface area contributed by atoms with E-state index < -0.39 is 9.84 Å². The van der Waals surface area contributed by atoms with Gasteiger partial charge >= 0.3 is 0 Å². The van der Waals surface area contributed by atoms with Gasteiger partial charge in [-0.15, -0.1) is 11.3 Å². The fourth-order valence-corrected chi connectivity index (χ4v) is 4.27. The quantitative estimate of drug-likeness (QED) is 0.369. The van der Waals surface area contributed by atoms with Gasteiger partial charge in [0, 0.05) is 23.5 Å². The van der Waals surface area contributed by atoms with Crippen LogP contribution < -0.4 is 0 Å². The SMILES string of the molecule is CO/N=C(\c1ccc2ccn(-c3ccc(S(C)(=O)=O)cc3)c2n1)c1cccs1. The van der Waals surface area contributed by atoms with Gasteiger partial charge in [0.25, 0.3) is 0 Å². The highest BCUT2D eigenvalue weighted by Gasteiger charge is 2.14. The molecule has 0 saturated heterocycles. The van der Waals surface area contributed by atoms with Crippen LogP contribution in [0.5, 0.6) is 0 Å². The molecular formula is C20H17N3O3S2. The summed E-state index contributed by atoms with van der Waals surface area (Å²) in [7, 11) is -1.72. The lowest BCUT2D eigenvalue weighted by Crippen LogP contribution is -2.06. The van der Waals surface area contributed by atoms with Gasteiger partial charge < -0.3 is 9.40 Å². The Balaban J connectivity index is 1.82. The number of rotatable bonds is 5. The van der Waals surface area contributed by atoms with Crippen LogP contribution in [0, 0.1) is 0 Å². The number of aromatic nitrogens is 2. The Labute approximate surface area is 166 Å². The predicted octanol–water partition coefficient (Wildman–Crippen LogP) is 3.89. The first-order valence-corrected chi connectivity index (χ1v) is 11.2. The molecule has 0 N–H and O–H groups in total. The van der Waals surface area contributed by atoms with E-state index in [0.29, 0.717) is 11.4 Å². The van der Waals surface area contributed by atoms with Crippen LogP contribution in [-0.2, 0) is 14.7 Å². The highest BCUT2D eigenvalue weighted by molar-refractivity contribution is 7.90. The van der Waals surface area contributed by atoms with Gasteiger partial charge in [-0.2, -0.15) is 0 Å². The molecule has 0 atom stereocenters. The number of oxime groups is 1. The zero-order valence-electron chi connectivity index (χ0n) is 15.2. The summed E-state index contributed by atoms with van der Waals surface area (Å²) in [5.41, 5.74) is 2.95. The maximum absolute atomic E-state index is 11.7. The van der Waals surface area contributed by atoms with Crippen LogP contribution in [0.4, 0.5) is 0 Å². The van der Waals surface area contributed by atoms with Crippen molar-refractivity contribution in [2.75, 3.05) is 13.4 Å². The molecule has 8 heteroatoms. The number of fused-ring (bicyclic) bond motifs is 1. The first-order valence-electron chi connectivity index (χ1n) is 8.41. The Morgan fingerprint density at radius 2 is 1.89 bits per heavy atom. The summed E-state index contributed by atoms with van der Waals surface area (Å²) in [6.45, 7) is 0. The third kappa shape index (κ3) is 3.44. The molecule has 0 spiro atoms. The number of pyridine rings is 1. The van der Waals surface area contributed by atoms with Crippen LogP contribution in [0.15, 0.2) is 76.2 Å². The number of benzene rings is 1. The second-order valence-electron chi connectivity index (χ2n) is 6.16. The minimum Gasteiger partial charge on any atom is -0.399 e. The van der Waals surface area contributed by atoms with Crippen molar-refractivity contribution in [2.45, 2.75) is 4.90 Å². The average Bonchev–Trinajstić information content (AvgIpc) is 3.35. The molecule has 0 fully saturated rings. The Hall–Kier alpha value is -2.97. The Kier molecular flexibility index (Phi) is 4.74. The molecular weight excluding hydrogens is 394 g/mol. The number of hydrogen-bond acceptors (Lipinski definition) is 6. The molecule has 0 amide bonds. The molecule has 4 aromatic rings. The van der Waals surface area contributed by atoms with Gasteiger partial charge in [0.1, 0.15) is 18.5 Å². The lowest BCUT2D eigenvalue weighted by molar-refractivity contribution is 0.214. The molecule has 0 radical (unpaired) electrons. The van der Waals surface area contributed by atoms with Gasteiger partial charge in [-0.3, -0.25) is 0 Å². The van der Waals surface area contributed by atoms with Crippen molar-refractivity contribution in [2.24, 2.45) is 5.16 Å². The normalized spacial score (nSPS) is 12.4. The lowest BCUT2D eigenvalue weighted by atomic mass is 10.2. The summed E-state index contributed by atoms with van der Waals surface area (Å²) in [5, 5.41) is 7.11. The van der Waals surface area contributed by atoms with E-state index in [2.05, 4.69) is 5.16 Å². The topological polar surface area (TPSA) is 73.6 Å². The summed E-state index contributed by atoms with van der Waals surface area (Å²) in [4.78, 5) is 11.1. The third-order valence-corrected chi connectivity index (χ3v) is 6.26. The van der Waals surface area contributed by atoms with Crippen molar-refractivity contribution < 1.29 is 13.3 Å². The number of thiophene rings is 1. The molecule has 0 bridgehead atoms. The summed E-state index contributed by atoms with van der Waals surface area (Å²) in [6.07, 6.45) is 3.11. The second kappa shape index (κ2) is 7.21. The van der Waals surface area contributed by atoms with Crippen LogP contribution >= 0.6 is 11.3 Å². The van der Waals surface area contributed by atoms with Crippen molar-refractivity contribution in [1.82, 2.24) is 9.55 Å². The van der Waals surface area contributed by atoms with Gasteiger partial charge in [-0.25, -0.2) is 13.4 Å². The lowest BCUT2D eigenvalue weighted by Gasteiger charge is -2.08. The summed E-state index contributed by atoms with van der Waals surface area (Å²) in [6, 6.07) is 16.5. The summed E-state index contributed by atoms with van der Waals surface area (Å²) >= 11 is 1.56. The van der Waals surface area contributed by atoms with E-state index in [1.54, 1.807) is 35.6 Å². The number of nitrogens with zero attached hydrogens (tertiary/aromatic N) is 3. The molecule has 0 aliphatic carbocycles. The van der Waals surface area contributed by atoms with Crippen molar-refractivity contribution in [1.29, 1.82) is 0 Å².